The normalized spacial score (nSPS) is 16.3. The highest BCUT2D eigenvalue weighted by Gasteiger charge is 2.26. The smallest absolute Gasteiger partial charge is 0.260 e. The molecule has 6 nitrogen and oxygen atoms in total. The van der Waals surface area contributed by atoms with Crippen LogP contribution < -0.4 is 4.74 Å². The van der Waals surface area contributed by atoms with Gasteiger partial charge in [0, 0.05) is 31.2 Å². The summed E-state index contributed by atoms with van der Waals surface area (Å²) in [7, 11) is -3.20. The van der Waals surface area contributed by atoms with Crippen LogP contribution in [0.25, 0.3) is 0 Å². The van der Waals surface area contributed by atoms with Gasteiger partial charge in [-0.25, -0.2) is 8.42 Å². The predicted octanol–water partition coefficient (Wildman–Crippen LogP) is 2.25. The van der Waals surface area contributed by atoms with Crippen molar-refractivity contribution in [2.24, 2.45) is 0 Å². The zero-order valence-electron chi connectivity index (χ0n) is 15.1. The summed E-state index contributed by atoms with van der Waals surface area (Å²) in [4.78, 5) is 14.0. The van der Waals surface area contributed by atoms with Crippen molar-refractivity contribution in [3.05, 3.63) is 28.3 Å². The Kier molecular flexibility index (Phi) is 6.35. The highest BCUT2D eigenvalue weighted by atomic mass is 35.5. The summed E-state index contributed by atoms with van der Waals surface area (Å²) in [6.45, 7) is 7.32. The van der Waals surface area contributed by atoms with Crippen molar-refractivity contribution < 1.29 is 17.9 Å². The van der Waals surface area contributed by atoms with Gasteiger partial charge in [-0.15, -0.1) is 0 Å². The monoisotopic (exact) mass is 388 g/mol. The summed E-state index contributed by atoms with van der Waals surface area (Å²) >= 11 is 6.25. The molecule has 8 heteroatoms. The summed E-state index contributed by atoms with van der Waals surface area (Å²) in [5.74, 6) is 0.764. The van der Waals surface area contributed by atoms with Crippen LogP contribution in [0.1, 0.15) is 30.9 Å². The Morgan fingerprint density at radius 1 is 1.24 bits per heavy atom. The van der Waals surface area contributed by atoms with Crippen LogP contribution in [0.4, 0.5) is 0 Å². The van der Waals surface area contributed by atoms with Crippen molar-refractivity contribution in [1.82, 2.24) is 9.21 Å². The highest BCUT2D eigenvalue weighted by molar-refractivity contribution is 7.88. The molecule has 0 atom stereocenters. The largest absolute Gasteiger partial charge is 0.483 e. The van der Waals surface area contributed by atoms with Gasteiger partial charge in [-0.3, -0.25) is 4.79 Å². The fourth-order valence-corrected chi connectivity index (χ4v) is 4.03. The van der Waals surface area contributed by atoms with Crippen molar-refractivity contribution >= 4 is 27.5 Å². The van der Waals surface area contributed by atoms with E-state index in [0.29, 0.717) is 37.0 Å². The number of halogens is 1. The van der Waals surface area contributed by atoms with Gasteiger partial charge in [-0.1, -0.05) is 25.4 Å². The van der Waals surface area contributed by atoms with E-state index in [9.17, 15) is 13.2 Å². The molecule has 0 aliphatic carbocycles. The quantitative estimate of drug-likeness (QED) is 0.775. The standard InChI is InChI=1S/C17H25ClN2O4S/c1-12(2)14-10-16(13(3)9-15(14)18)24-11-17(21)19-5-7-20(8-6-19)25(4,22)23/h9-10,12H,5-8,11H2,1-4H3. The minimum Gasteiger partial charge on any atom is -0.483 e. The Hall–Kier alpha value is -1.31. The third-order valence-electron chi connectivity index (χ3n) is 4.33. The van der Waals surface area contributed by atoms with Crippen LogP contribution in [-0.4, -0.2) is 62.6 Å². The van der Waals surface area contributed by atoms with E-state index in [4.69, 9.17) is 16.3 Å². The van der Waals surface area contributed by atoms with Gasteiger partial charge in [-0.2, -0.15) is 4.31 Å². The van der Waals surface area contributed by atoms with Crippen LogP contribution in [0.15, 0.2) is 12.1 Å². The lowest BCUT2D eigenvalue weighted by atomic mass is 10.0. The minimum atomic E-state index is -3.20. The number of sulfonamides is 1. The molecule has 1 aliphatic rings. The maximum Gasteiger partial charge on any atom is 0.260 e. The lowest BCUT2D eigenvalue weighted by molar-refractivity contribution is -0.134. The van der Waals surface area contributed by atoms with Gasteiger partial charge < -0.3 is 9.64 Å². The second-order valence-corrected chi connectivity index (χ2v) is 9.02. The summed E-state index contributed by atoms with van der Waals surface area (Å²) in [5, 5.41) is 0.697. The van der Waals surface area contributed by atoms with Crippen LogP contribution in [0.2, 0.25) is 5.02 Å². The molecule has 1 heterocycles. The van der Waals surface area contributed by atoms with E-state index in [0.717, 1.165) is 11.1 Å². The number of nitrogens with zero attached hydrogens (tertiary/aromatic N) is 2. The first kappa shape index (κ1) is 20.0. The van der Waals surface area contributed by atoms with Gasteiger partial charge in [-0.05, 0) is 36.1 Å². The summed E-state index contributed by atoms with van der Waals surface area (Å²) in [6, 6.07) is 3.73. The van der Waals surface area contributed by atoms with Crippen LogP contribution in [0, 0.1) is 6.92 Å². The second kappa shape index (κ2) is 7.93. The Balaban J connectivity index is 1.96. The number of hydrogen-bond donors (Lipinski definition) is 0. The molecule has 0 aromatic heterocycles. The van der Waals surface area contributed by atoms with Gasteiger partial charge in [0.05, 0.1) is 6.26 Å². The first-order valence-electron chi connectivity index (χ1n) is 8.25. The number of benzene rings is 1. The fourth-order valence-electron chi connectivity index (χ4n) is 2.77. The van der Waals surface area contributed by atoms with Crippen molar-refractivity contribution in [3.8, 4) is 5.75 Å². The summed E-state index contributed by atoms with van der Waals surface area (Å²) in [6.07, 6.45) is 1.18. The van der Waals surface area contributed by atoms with Crippen LogP contribution >= 0.6 is 11.6 Å². The number of ether oxygens (including phenoxy) is 1. The molecule has 1 fully saturated rings. The second-order valence-electron chi connectivity index (χ2n) is 6.63. The van der Waals surface area contributed by atoms with Crippen molar-refractivity contribution in [3.63, 3.8) is 0 Å². The summed E-state index contributed by atoms with van der Waals surface area (Å²) in [5.41, 5.74) is 1.86. The molecule has 2 rings (SSSR count). The minimum absolute atomic E-state index is 0.0706. The molecule has 0 radical (unpaired) electrons. The first-order chi connectivity index (χ1) is 11.6. The van der Waals surface area contributed by atoms with E-state index in [2.05, 4.69) is 0 Å². The molecular weight excluding hydrogens is 364 g/mol. The van der Waals surface area contributed by atoms with E-state index in [-0.39, 0.29) is 18.4 Å². The van der Waals surface area contributed by atoms with Gasteiger partial charge in [0.2, 0.25) is 10.0 Å². The van der Waals surface area contributed by atoms with Crippen molar-refractivity contribution in [1.29, 1.82) is 0 Å². The predicted molar refractivity (Wildman–Crippen MR) is 98.8 cm³/mol. The maximum absolute atomic E-state index is 12.3. The van der Waals surface area contributed by atoms with E-state index < -0.39 is 10.0 Å². The third kappa shape index (κ3) is 5.09. The Morgan fingerprint density at radius 3 is 2.36 bits per heavy atom. The summed E-state index contributed by atoms with van der Waals surface area (Å²) < 4.78 is 30.1. The van der Waals surface area contributed by atoms with Gasteiger partial charge in [0.1, 0.15) is 5.75 Å². The maximum atomic E-state index is 12.3. The Bertz CT molecular complexity index is 741. The molecule has 1 aliphatic heterocycles. The number of aryl methyl sites for hydroxylation is 1. The molecule has 0 saturated carbocycles. The van der Waals surface area contributed by atoms with Gasteiger partial charge in [0.25, 0.3) is 5.91 Å². The topological polar surface area (TPSA) is 66.9 Å². The molecule has 0 N–H and O–H groups in total. The van der Waals surface area contributed by atoms with Crippen molar-refractivity contribution in [2.75, 3.05) is 39.0 Å². The fraction of sp³-hybridized carbons (Fsp3) is 0.588. The molecule has 1 saturated heterocycles. The average molecular weight is 389 g/mol. The first-order valence-corrected chi connectivity index (χ1v) is 10.5. The van der Waals surface area contributed by atoms with E-state index >= 15 is 0 Å². The molecule has 0 unspecified atom stereocenters. The van der Waals surface area contributed by atoms with Crippen molar-refractivity contribution in [2.45, 2.75) is 26.7 Å². The number of amides is 1. The molecule has 1 aromatic carbocycles. The van der Waals surface area contributed by atoms with E-state index in [1.165, 1.54) is 10.6 Å². The number of carbonyl (C=O) groups is 1. The lowest BCUT2D eigenvalue weighted by Gasteiger charge is -2.33. The third-order valence-corrected chi connectivity index (χ3v) is 5.96. The molecule has 0 bridgehead atoms. The lowest BCUT2D eigenvalue weighted by Crippen LogP contribution is -2.51. The van der Waals surface area contributed by atoms with Crippen LogP contribution in [0.3, 0.4) is 0 Å². The molecule has 0 spiro atoms. The number of piperazine rings is 1. The molecular formula is C17H25ClN2O4S. The number of hydrogen-bond acceptors (Lipinski definition) is 4. The van der Waals surface area contributed by atoms with Crippen LogP contribution in [0.5, 0.6) is 5.75 Å². The number of rotatable bonds is 5. The SMILES string of the molecule is Cc1cc(Cl)c(C(C)C)cc1OCC(=O)N1CCN(S(C)(=O)=O)CC1. The zero-order valence-corrected chi connectivity index (χ0v) is 16.7. The van der Waals surface area contributed by atoms with E-state index in [1.54, 1.807) is 4.90 Å². The average Bonchev–Trinajstić information content (AvgIpc) is 2.52. The van der Waals surface area contributed by atoms with Gasteiger partial charge >= 0.3 is 0 Å². The number of carbonyl (C=O) groups excluding carboxylic acids is 1. The molecule has 140 valence electrons. The highest BCUT2D eigenvalue weighted by Crippen LogP contribution is 2.31. The van der Waals surface area contributed by atoms with Crippen LogP contribution in [-0.2, 0) is 14.8 Å². The molecule has 25 heavy (non-hydrogen) atoms. The van der Waals surface area contributed by atoms with Gasteiger partial charge in [0.15, 0.2) is 6.61 Å². The molecule has 1 aromatic rings. The van der Waals surface area contributed by atoms with E-state index in [1.807, 2.05) is 32.9 Å². The molecule has 1 amide bonds. The zero-order chi connectivity index (χ0) is 18.8. The Morgan fingerprint density at radius 2 is 1.84 bits per heavy atom. The Labute approximate surface area is 154 Å².